The molecule has 1 aromatic rings. The van der Waals surface area contributed by atoms with Crippen LogP contribution in [0.3, 0.4) is 0 Å². The van der Waals surface area contributed by atoms with Crippen LogP contribution in [-0.2, 0) is 10.0 Å². The molecular weight excluding hydrogens is 296 g/mol. The van der Waals surface area contributed by atoms with Crippen LogP contribution in [0.2, 0.25) is 5.02 Å². The Hall–Kier alpha value is -1.06. The van der Waals surface area contributed by atoms with Gasteiger partial charge in [-0.3, -0.25) is 0 Å². The zero-order valence-electron chi connectivity index (χ0n) is 11.2. The van der Waals surface area contributed by atoms with Gasteiger partial charge in [0.15, 0.2) is 0 Å². The van der Waals surface area contributed by atoms with Gasteiger partial charge in [-0.15, -0.1) is 0 Å². The van der Waals surface area contributed by atoms with Gasteiger partial charge in [0.2, 0.25) is 10.0 Å². The monoisotopic (exact) mass is 312 g/mol. The average Bonchev–Trinajstić information content (AvgIpc) is 2.33. The van der Waals surface area contributed by atoms with Gasteiger partial charge in [-0.2, -0.15) is 0 Å². The molecule has 0 heterocycles. The van der Waals surface area contributed by atoms with Crippen molar-refractivity contribution < 1.29 is 8.42 Å². The second-order valence-electron chi connectivity index (χ2n) is 5.17. The third kappa shape index (κ3) is 3.33. The lowest BCUT2D eigenvalue weighted by Gasteiger charge is -2.38. The molecule has 0 saturated heterocycles. The fourth-order valence-electron chi connectivity index (χ4n) is 2.14. The van der Waals surface area contributed by atoms with Gasteiger partial charge in [-0.25, -0.2) is 13.1 Å². The first-order valence-corrected chi connectivity index (χ1v) is 8.25. The van der Waals surface area contributed by atoms with E-state index in [1.54, 1.807) is 12.1 Å². The number of benzene rings is 1. The van der Waals surface area contributed by atoms with Crippen molar-refractivity contribution in [1.82, 2.24) is 4.72 Å². The second kappa shape index (κ2) is 5.74. The largest absolute Gasteiger partial charge is 0.320 e. The summed E-state index contributed by atoms with van der Waals surface area (Å²) in [6, 6.07) is 4.65. The zero-order chi connectivity index (χ0) is 14.8. The summed E-state index contributed by atoms with van der Waals surface area (Å²) in [7, 11) is -3.60. The summed E-state index contributed by atoms with van der Waals surface area (Å²) in [4.78, 5) is 0.0885. The van der Waals surface area contributed by atoms with Gasteiger partial charge < -0.3 is 5.73 Å². The predicted molar refractivity (Wildman–Crippen MR) is 80.0 cm³/mol. The first-order chi connectivity index (χ1) is 9.36. The summed E-state index contributed by atoms with van der Waals surface area (Å²) in [5.74, 6) is 5.52. The molecule has 0 aliphatic heterocycles. The van der Waals surface area contributed by atoms with Gasteiger partial charge >= 0.3 is 0 Å². The van der Waals surface area contributed by atoms with Crippen molar-refractivity contribution in [3.63, 3.8) is 0 Å². The highest BCUT2D eigenvalue weighted by Crippen LogP contribution is 2.33. The summed E-state index contributed by atoms with van der Waals surface area (Å²) in [6.07, 6.45) is 2.74. The van der Waals surface area contributed by atoms with Crippen LogP contribution in [0.5, 0.6) is 0 Å². The molecule has 0 unspecified atom stereocenters. The fourth-order valence-corrected chi connectivity index (χ4v) is 4.15. The van der Waals surface area contributed by atoms with Crippen LogP contribution in [0.25, 0.3) is 0 Å². The number of nitrogens with one attached hydrogen (secondary N) is 1. The molecule has 1 aromatic carbocycles. The van der Waals surface area contributed by atoms with Gasteiger partial charge in [0.1, 0.15) is 4.90 Å². The lowest BCUT2D eigenvalue weighted by molar-refractivity contribution is 0.248. The van der Waals surface area contributed by atoms with Crippen molar-refractivity contribution in [2.75, 3.05) is 6.54 Å². The van der Waals surface area contributed by atoms with Crippen LogP contribution >= 0.6 is 11.6 Å². The molecule has 0 bridgehead atoms. The smallest absolute Gasteiger partial charge is 0.242 e. The quantitative estimate of drug-likeness (QED) is 0.837. The number of hydrogen-bond donors (Lipinski definition) is 2. The molecule has 3 N–H and O–H groups in total. The van der Waals surface area contributed by atoms with Crippen LogP contribution in [0.1, 0.15) is 31.7 Å². The predicted octanol–water partition coefficient (Wildman–Crippen LogP) is 1.87. The summed E-state index contributed by atoms with van der Waals surface area (Å²) in [5, 5.41) is 0.171. The average molecular weight is 313 g/mol. The standard InChI is InChI=1S/C14H17ClN2O2S/c1-14(7-3-8-14)17-20(18,19)13-6-5-11(4-2-9-16)10-12(13)15/h5-6,10,17H,3,7-9,16H2,1H3. The van der Waals surface area contributed by atoms with Crippen molar-refractivity contribution >= 4 is 21.6 Å². The molecule has 20 heavy (non-hydrogen) atoms. The molecule has 0 aromatic heterocycles. The number of hydrogen-bond acceptors (Lipinski definition) is 3. The van der Waals surface area contributed by atoms with E-state index in [2.05, 4.69) is 16.6 Å². The van der Waals surface area contributed by atoms with Gasteiger partial charge in [0.25, 0.3) is 0 Å². The highest BCUT2D eigenvalue weighted by Gasteiger charge is 2.36. The SMILES string of the molecule is CC1(NS(=O)(=O)c2ccc(C#CCN)cc2Cl)CCC1. The molecule has 2 rings (SSSR count). The maximum Gasteiger partial charge on any atom is 0.242 e. The molecule has 1 fully saturated rings. The Morgan fingerprint density at radius 2 is 2.15 bits per heavy atom. The van der Waals surface area contributed by atoms with Crippen molar-refractivity contribution in [3.8, 4) is 11.8 Å². The Bertz CT molecular complexity index is 670. The second-order valence-corrected chi connectivity index (χ2v) is 7.23. The summed E-state index contributed by atoms with van der Waals surface area (Å²) < 4.78 is 27.4. The number of halogens is 1. The number of nitrogens with two attached hydrogens (primary N) is 1. The Morgan fingerprint density at radius 1 is 1.45 bits per heavy atom. The maximum absolute atomic E-state index is 12.3. The minimum Gasteiger partial charge on any atom is -0.320 e. The first-order valence-electron chi connectivity index (χ1n) is 6.39. The van der Waals surface area contributed by atoms with Gasteiger partial charge in [0, 0.05) is 11.1 Å². The molecule has 1 aliphatic carbocycles. The Morgan fingerprint density at radius 3 is 2.65 bits per heavy atom. The molecular formula is C14H17ClN2O2S. The van der Waals surface area contributed by atoms with Crippen molar-refractivity contribution in [2.24, 2.45) is 5.73 Å². The Labute approximate surface area is 124 Å². The molecule has 0 amide bonds. The summed E-state index contributed by atoms with van der Waals surface area (Å²) in [6.45, 7) is 2.15. The van der Waals surface area contributed by atoms with Gasteiger partial charge in [-0.05, 0) is 44.4 Å². The van der Waals surface area contributed by atoms with E-state index >= 15 is 0 Å². The normalized spacial score (nSPS) is 16.9. The highest BCUT2D eigenvalue weighted by molar-refractivity contribution is 7.89. The fraction of sp³-hybridized carbons (Fsp3) is 0.429. The Kier molecular flexibility index (Phi) is 4.40. The van der Waals surface area contributed by atoms with Crippen molar-refractivity contribution in [1.29, 1.82) is 0 Å². The van der Waals surface area contributed by atoms with E-state index in [0.29, 0.717) is 5.56 Å². The van der Waals surface area contributed by atoms with Crippen LogP contribution in [0, 0.1) is 11.8 Å². The van der Waals surface area contributed by atoms with Crippen LogP contribution in [-0.4, -0.2) is 20.5 Å². The lowest BCUT2D eigenvalue weighted by atomic mass is 9.80. The van der Waals surface area contributed by atoms with E-state index in [-0.39, 0.29) is 22.0 Å². The number of sulfonamides is 1. The topological polar surface area (TPSA) is 72.2 Å². The lowest BCUT2D eigenvalue weighted by Crippen LogP contribution is -2.50. The van der Waals surface area contributed by atoms with Crippen molar-refractivity contribution in [3.05, 3.63) is 28.8 Å². The van der Waals surface area contributed by atoms with E-state index in [1.165, 1.54) is 6.07 Å². The minimum atomic E-state index is -3.60. The third-order valence-electron chi connectivity index (χ3n) is 3.39. The van der Waals surface area contributed by atoms with E-state index in [9.17, 15) is 8.42 Å². The maximum atomic E-state index is 12.3. The van der Waals surface area contributed by atoms with Gasteiger partial charge in [0.05, 0.1) is 11.6 Å². The highest BCUT2D eigenvalue weighted by atomic mass is 35.5. The molecule has 0 spiro atoms. The summed E-state index contributed by atoms with van der Waals surface area (Å²) in [5.41, 5.74) is 5.59. The molecule has 1 aliphatic rings. The van der Waals surface area contributed by atoms with Crippen LogP contribution in [0.4, 0.5) is 0 Å². The van der Waals surface area contributed by atoms with Crippen LogP contribution in [0.15, 0.2) is 23.1 Å². The van der Waals surface area contributed by atoms with E-state index in [4.69, 9.17) is 17.3 Å². The van der Waals surface area contributed by atoms with E-state index in [0.717, 1.165) is 19.3 Å². The zero-order valence-corrected chi connectivity index (χ0v) is 12.8. The molecule has 0 radical (unpaired) electrons. The minimum absolute atomic E-state index is 0.0885. The number of rotatable bonds is 3. The molecule has 0 atom stereocenters. The summed E-state index contributed by atoms with van der Waals surface area (Å²) >= 11 is 6.06. The molecule has 6 heteroatoms. The molecule has 4 nitrogen and oxygen atoms in total. The third-order valence-corrected chi connectivity index (χ3v) is 5.52. The van der Waals surface area contributed by atoms with Gasteiger partial charge in [-0.1, -0.05) is 23.4 Å². The van der Waals surface area contributed by atoms with E-state index in [1.807, 2.05) is 6.92 Å². The Balaban J connectivity index is 2.28. The van der Waals surface area contributed by atoms with E-state index < -0.39 is 10.0 Å². The van der Waals surface area contributed by atoms with Crippen molar-refractivity contribution in [2.45, 2.75) is 36.6 Å². The van der Waals surface area contributed by atoms with Crippen LogP contribution < -0.4 is 10.5 Å². The molecule has 1 saturated carbocycles. The molecule has 108 valence electrons. The first kappa shape index (κ1) is 15.3.